The first-order valence-corrected chi connectivity index (χ1v) is 8.69. The van der Waals surface area contributed by atoms with Gasteiger partial charge in [-0.1, -0.05) is 6.07 Å². The van der Waals surface area contributed by atoms with Gasteiger partial charge in [-0.05, 0) is 35.9 Å². The van der Waals surface area contributed by atoms with Crippen molar-refractivity contribution in [2.24, 2.45) is 0 Å². The molecule has 0 saturated carbocycles. The molecule has 0 amide bonds. The lowest BCUT2D eigenvalue weighted by Crippen LogP contribution is -2.05. The third kappa shape index (κ3) is 3.85. The fraction of sp³-hybridized carbons (Fsp3) is 0.200. The second-order valence-corrected chi connectivity index (χ2v) is 6.00. The van der Waals surface area contributed by atoms with E-state index in [4.69, 9.17) is 18.9 Å². The largest absolute Gasteiger partial charge is 0.497 e. The van der Waals surface area contributed by atoms with E-state index in [1.807, 2.05) is 36.4 Å². The number of hydrogen-bond acceptors (Lipinski definition) is 8. The van der Waals surface area contributed by atoms with Crippen LogP contribution in [0.4, 0.5) is 17.5 Å². The highest BCUT2D eigenvalue weighted by Crippen LogP contribution is 2.33. The van der Waals surface area contributed by atoms with Crippen LogP contribution < -0.4 is 29.6 Å². The molecule has 28 heavy (non-hydrogen) atoms. The molecule has 0 aliphatic carbocycles. The van der Waals surface area contributed by atoms with Crippen LogP contribution in [0.3, 0.4) is 0 Å². The molecule has 4 rings (SSSR count). The van der Waals surface area contributed by atoms with Crippen LogP contribution in [0.15, 0.2) is 48.7 Å². The summed E-state index contributed by atoms with van der Waals surface area (Å²) in [6, 6.07) is 13.1. The Kier molecular flexibility index (Phi) is 5.01. The average molecular weight is 380 g/mol. The summed E-state index contributed by atoms with van der Waals surface area (Å²) in [5, 5.41) is 6.45. The maximum absolute atomic E-state index is 5.41. The molecule has 0 spiro atoms. The number of anilines is 3. The average Bonchev–Trinajstić information content (AvgIpc) is 3.21. The van der Waals surface area contributed by atoms with Gasteiger partial charge in [0.05, 0.1) is 19.9 Å². The number of methoxy groups -OCH3 is 2. The molecule has 1 aliphatic heterocycles. The molecular weight excluding hydrogens is 360 g/mol. The van der Waals surface area contributed by atoms with Gasteiger partial charge in [0.1, 0.15) is 17.3 Å². The Balaban J connectivity index is 1.44. The van der Waals surface area contributed by atoms with E-state index in [0.717, 1.165) is 28.5 Å². The van der Waals surface area contributed by atoms with E-state index in [2.05, 4.69) is 20.6 Å². The molecule has 1 aliphatic rings. The van der Waals surface area contributed by atoms with Crippen molar-refractivity contribution < 1.29 is 18.9 Å². The van der Waals surface area contributed by atoms with Gasteiger partial charge >= 0.3 is 0 Å². The lowest BCUT2D eigenvalue weighted by molar-refractivity contribution is 0.174. The Bertz CT molecular complexity index is 980. The molecule has 3 aromatic rings. The van der Waals surface area contributed by atoms with Crippen LogP contribution in [-0.2, 0) is 6.54 Å². The number of rotatable bonds is 7. The number of aromatic nitrogens is 2. The van der Waals surface area contributed by atoms with Crippen LogP contribution >= 0.6 is 0 Å². The summed E-state index contributed by atoms with van der Waals surface area (Å²) in [6.07, 6.45) is 1.69. The van der Waals surface area contributed by atoms with E-state index < -0.39 is 0 Å². The van der Waals surface area contributed by atoms with Gasteiger partial charge in [-0.2, -0.15) is 4.98 Å². The molecule has 0 atom stereocenters. The Morgan fingerprint density at radius 1 is 1.00 bits per heavy atom. The van der Waals surface area contributed by atoms with Gasteiger partial charge in [0.2, 0.25) is 12.7 Å². The van der Waals surface area contributed by atoms with Crippen molar-refractivity contribution in [1.29, 1.82) is 0 Å². The number of nitrogens with one attached hydrogen (secondary N) is 2. The van der Waals surface area contributed by atoms with E-state index in [-0.39, 0.29) is 6.79 Å². The Morgan fingerprint density at radius 2 is 1.89 bits per heavy atom. The fourth-order valence-electron chi connectivity index (χ4n) is 2.79. The van der Waals surface area contributed by atoms with Gasteiger partial charge in [0, 0.05) is 18.8 Å². The van der Waals surface area contributed by atoms with Gasteiger partial charge in [0.15, 0.2) is 11.5 Å². The minimum Gasteiger partial charge on any atom is -0.497 e. The number of fused-ring (bicyclic) bond motifs is 1. The van der Waals surface area contributed by atoms with Crippen molar-refractivity contribution in [3.05, 3.63) is 54.2 Å². The maximum Gasteiger partial charge on any atom is 0.231 e. The van der Waals surface area contributed by atoms with Gasteiger partial charge < -0.3 is 29.6 Å². The van der Waals surface area contributed by atoms with Crippen LogP contribution in [0.25, 0.3) is 0 Å². The standard InChI is InChI=1S/C20H20N4O4/c1-25-14-4-5-15(17(10-14)26-2)23-19-7-8-21-20(24-19)22-11-13-3-6-16-18(9-13)28-12-27-16/h3-10H,11-12H2,1-2H3,(H2,21,22,23,24). The van der Waals surface area contributed by atoms with E-state index >= 15 is 0 Å². The molecule has 8 nitrogen and oxygen atoms in total. The van der Waals surface area contributed by atoms with Crippen molar-refractivity contribution >= 4 is 17.5 Å². The minimum absolute atomic E-state index is 0.262. The predicted octanol–water partition coefficient (Wildman–Crippen LogP) is 3.58. The molecule has 2 N–H and O–H groups in total. The van der Waals surface area contributed by atoms with Crippen molar-refractivity contribution in [2.75, 3.05) is 31.6 Å². The zero-order valence-electron chi connectivity index (χ0n) is 15.6. The quantitative estimate of drug-likeness (QED) is 0.643. The zero-order valence-corrected chi connectivity index (χ0v) is 15.6. The second kappa shape index (κ2) is 7.91. The van der Waals surface area contributed by atoms with E-state index in [1.165, 1.54) is 0 Å². The Hall–Kier alpha value is -3.68. The summed E-state index contributed by atoms with van der Waals surface area (Å²) in [4.78, 5) is 8.77. The smallest absolute Gasteiger partial charge is 0.231 e. The summed E-state index contributed by atoms with van der Waals surface area (Å²) >= 11 is 0. The van der Waals surface area contributed by atoms with Gasteiger partial charge in [-0.25, -0.2) is 4.98 Å². The highest BCUT2D eigenvalue weighted by molar-refractivity contribution is 5.66. The molecule has 1 aromatic heterocycles. The van der Waals surface area contributed by atoms with Crippen LogP contribution in [0.5, 0.6) is 23.0 Å². The van der Waals surface area contributed by atoms with Gasteiger partial charge in [-0.3, -0.25) is 0 Å². The fourth-order valence-corrected chi connectivity index (χ4v) is 2.79. The molecule has 0 saturated heterocycles. The Labute approximate surface area is 162 Å². The minimum atomic E-state index is 0.262. The van der Waals surface area contributed by atoms with Crippen LogP contribution in [0, 0.1) is 0 Å². The second-order valence-electron chi connectivity index (χ2n) is 6.00. The molecule has 0 bridgehead atoms. The Morgan fingerprint density at radius 3 is 2.75 bits per heavy atom. The summed E-state index contributed by atoms with van der Waals surface area (Å²) in [5.41, 5.74) is 1.83. The van der Waals surface area contributed by atoms with Gasteiger partial charge in [0.25, 0.3) is 0 Å². The summed E-state index contributed by atoms with van der Waals surface area (Å²) in [5.74, 6) is 4.05. The third-order valence-electron chi connectivity index (χ3n) is 4.21. The van der Waals surface area contributed by atoms with Crippen molar-refractivity contribution in [3.8, 4) is 23.0 Å². The first-order valence-electron chi connectivity index (χ1n) is 8.69. The molecule has 8 heteroatoms. The molecule has 2 heterocycles. The van der Waals surface area contributed by atoms with Crippen molar-refractivity contribution in [3.63, 3.8) is 0 Å². The zero-order chi connectivity index (χ0) is 19.3. The number of ether oxygens (including phenoxy) is 4. The van der Waals surface area contributed by atoms with E-state index in [1.54, 1.807) is 26.5 Å². The van der Waals surface area contributed by atoms with E-state index in [0.29, 0.717) is 24.1 Å². The normalized spacial score (nSPS) is 11.8. The molecule has 0 unspecified atom stereocenters. The van der Waals surface area contributed by atoms with Crippen LogP contribution in [0.2, 0.25) is 0 Å². The number of nitrogens with zero attached hydrogens (tertiary/aromatic N) is 2. The summed E-state index contributed by atoms with van der Waals surface area (Å²) < 4.78 is 21.4. The monoisotopic (exact) mass is 380 g/mol. The maximum atomic E-state index is 5.41. The molecule has 144 valence electrons. The molecular formula is C20H20N4O4. The lowest BCUT2D eigenvalue weighted by atomic mass is 10.2. The highest BCUT2D eigenvalue weighted by Gasteiger charge is 2.13. The lowest BCUT2D eigenvalue weighted by Gasteiger charge is -2.12. The first-order chi connectivity index (χ1) is 13.7. The van der Waals surface area contributed by atoms with Crippen molar-refractivity contribution in [1.82, 2.24) is 9.97 Å². The highest BCUT2D eigenvalue weighted by atomic mass is 16.7. The summed E-state index contributed by atoms with van der Waals surface area (Å²) in [6.45, 7) is 0.823. The van der Waals surface area contributed by atoms with Crippen LogP contribution in [-0.4, -0.2) is 31.0 Å². The molecule has 0 fully saturated rings. The van der Waals surface area contributed by atoms with Gasteiger partial charge in [-0.15, -0.1) is 0 Å². The predicted molar refractivity (Wildman–Crippen MR) is 105 cm³/mol. The molecule has 0 radical (unpaired) electrons. The van der Waals surface area contributed by atoms with Crippen LogP contribution in [0.1, 0.15) is 5.56 Å². The molecule has 2 aromatic carbocycles. The van der Waals surface area contributed by atoms with E-state index in [9.17, 15) is 0 Å². The number of benzene rings is 2. The number of hydrogen-bond donors (Lipinski definition) is 2. The first kappa shape index (κ1) is 17.7. The summed E-state index contributed by atoms with van der Waals surface area (Å²) in [7, 11) is 3.22. The topological polar surface area (TPSA) is 86.8 Å². The third-order valence-corrected chi connectivity index (χ3v) is 4.21. The SMILES string of the molecule is COc1ccc(Nc2ccnc(NCc3ccc4c(c3)OCO4)n2)c(OC)c1. The van der Waals surface area contributed by atoms with Crippen molar-refractivity contribution in [2.45, 2.75) is 6.54 Å².